The first-order valence-corrected chi connectivity index (χ1v) is 6.61. The maximum absolute atomic E-state index is 9.92. The first kappa shape index (κ1) is 12.7. The van der Waals surface area contributed by atoms with Crippen molar-refractivity contribution >= 4 is 0 Å². The van der Waals surface area contributed by atoms with Crippen molar-refractivity contribution in [3.63, 3.8) is 0 Å². The number of rotatable bonds is 4. The van der Waals surface area contributed by atoms with Crippen LogP contribution in [-0.2, 0) is 19.3 Å². The Hall–Kier alpha value is -1.76. The molecule has 18 heavy (non-hydrogen) atoms. The van der Waals surface area contributed by atoms with E-state index in [-0.39, 0.29) is 0 Å². The van der Waals surface area contributed by atoms with Crippen molar-refractivity contribution in [2.75, 3.05) is 0 Å². The molecule has 2 aromatic carbocycles. The van der Waals surface area contributed by atoms with Gasteiger partial charge in [0.05, 0.1) is 0 Å². The van der Waals surface area contributed by atoms with Crippen LogP contribution in [0.25, 0.3) is 0 Å². The number of aromatic hydroxyl groups is 1. The lowest BCUT2D eigenvalue weighted by atomic mass is 9.99. The van der Waals surface area contributed by atoms with E-state index in [1.165, 1.54) is 16.7 Å². The van der Waals surface area contributed by atoms with Gasteiger partial charge in [-0.05, 0) is 41.2 Å². The average Bonchev–Trinajstić information content (AvgIpc) is 2.41. The molecule has 0 bridgehead atoms. The molecule has 1 nitrogen and oxygen atoms in total. The van der Waals surface area contributed by atoms with Crippen molar-refractivity contribution in [3.05, 3.63) is 64.7 Å². The molecule has 0 fully saturated rings. The van der Waals surface area contributed by atoms with Gasteiger partial charge < -0.3 is 5.11 Å². The molecular formula is C17H20O. The van der Waals surface area contributed by atoms with E-state index in [0.29, 0.717) is 5.75 Å². The standard InChI is InChI=1S/C17H20O/c1-3-13-6-5-7-15(10-13)12-16-11-14(4-2)8-9-17(16)18/h5-11,18H,3-4,12H2,1-2H3. The predicted molar refractivity (Wildman–Crippen MR) is 76.1 cm³/mol. The first-order valence-electron chi connectivity index (χ1n) is 6.61. The summed E-state index contributed by atoms with van der Waals surface area (Å²) >= 11 is 0. The Kier molecular flexibility index (Phi) is 4.03. The van der Waals surface area contributed by atoms with Crippen LogP contribution in [-0.4, -0.2) is 5.11 Å². The lowest BCUT2D eigenvalue weighted by molar-refractivity contribution is 0.469. The van der Waals surface area contributed by atoms with Gasteiger partial charge in [-0.25, -0.2) is 0 Å². The smallest absolute Gasteiger partial charge is 0.119 e. The fraction of sp³-hybridized carbons (Fsp3) is 0.294. The largest absolute Gasteiger partial charge is 0.508 e. The van der Waals surface area contributed by atoms with Crippen molar-refractivity contribution in [2.24, 2.45) is 0 Å². The highest BCUT2D eigenvalue weighted by molar-refractivity contribution is 5.40. The van der Waals surface area contributed by atoms with Crippen LogP contribution in [0, 0.1) is 0 Å². The number of phenolic OH excluding ortho intramolecular Hbond substituents is 1. The van der Waals surface area contributed by atoms with Crippen LogP contribution < -0.4 is 0 Å². The second-order valence-electron chi connectivity index (χ2n) is 4.67. The zero-order valence-corrected chi connectivity index (χ0v) is 11.1. The molecule has 0 aliphatic rings. The lowest BCUT2D eigenvalue weighted by Gasteiger charge is -2.08. The van der Waals surface area contributed by atoms with Gasteiger partial charge in [0.25, 0.3) is 0 Å². The Labute approximate surface area is 109 Å². The molecule has 0 amide bonds. The fourth-order valence-corrected chi connectivity index (χ4v) is 2.18. The second kappa shape index (κ2) is 5.72. The van der Waals surface area contributed by atoms with Gasteiger partial charge in [-0.15, -0.1) is 0 Å². The molecular weight excluding hydrogens is 220 g/mol. The van der Waals surface area contributed by atoms with Crippen molar-refractivity contribution in [2.45, 2.75) is 33.1 Å². The quantitative estimate of drug-likeness (QED) is 0.852. The highest BCUT2D eigenvalue weighted by Gasteiger charge is 2.04. The van der Waals surface area contributed by atoms with Gasteiger partial charge in [0.15, 0.2) is 0 Å². The van der Waals surface area contributed by atoms with Crippen molar-refractivity contribution in [1.82, 2.24) is 0 Å². The number of hydrogen-bond donors (Lipinski definition) is 1. The van der Waals surface area contributed by atoms with Crippen molar-refractivity contribution < 1.29 is 5.11 Å². The third-order valence-electron chi connectivity index (χ3n) is 3.35. The summed E-state index contributed by atoms with van der Waals surface area (Å²) in [5.74, 6) is 0.397. The summed E-state index contributed by atoms with van der Waals surface area (Å²) in [6.07, 6.45) is 2.85. The minimum absolute atomic E-state index is 0.397. The first-order chi connectivity index (χ1) is 8.72. The van der Waals surface area contributed by atoms with E-state index in [1.807, 2.05) is 6.07 Å². The lowest BCUT2D eigenvalue weighted by Crippen LogP contribution is -1.92. The van der Waals surface area contributed by atoms with Crippen LogP contribution in [0.1, 0.15) is 36.1 Å². The Bertz CT molecular complexity index is 529. The van der Waals surface area contributed by atoms with Crippen LogP contribution in [0.4, 0.5) is 0 Å². The molecule has 1 heteroatoms. The Morgan fingerprint density at radius 1 is 0.833 bits per heavy atom. The normalized spacial score (nSPS) is 10.6. The third-order valence-corrected chi connectivity index (χ3v) is 3.35. The molecule has 0 saturated heterocycles. The summed E-state index contributed by atoms with van der Waals surface area (Å²) < 4.78 is 0. The van der Waals surface area contributed by atoms with E-state index in [1.54, 1.807) is 6.07 Å². The molecule has 1 N–H and O–H groups in total. The van der Waals surface area contributed by atoms with Gasteiger partial charge in [-0.3, -0.25) is 0 Å². The molecule has 0 heterocycles. The zero-order valence-electron chi connectivity index (χ0n) is 11.1. The van der Waals surface area contributed by atoms with Gasteiger partial charge in [0, 0.05) is 6.42 Å². The minimum Gasteiger partial charge on any atom is -0.508 e. The van der Waals surface area contributed by atoms with Crippen LogP contribution >= 0.6 is 0 Å². The van der Waals surface area contributed by atoms with Crippen molar-refractivity contribution in [3.8, 4) is 5.75 Å². The predicted octanol–water partition coefficient (Wildman–Crippen LogP) is 4.11. The highest BCUT2D eigenvalue weighted by atomic mass is 16.3. The molecule has 0 spiro atoms. The third kappa shape index (κ3) is 2.92. The van der Waals surface area contributed by atoms with E-state index >= 15 is 0 Å². The molecule has 0 unspecified atom stereocenters. The number of hydrogen-bond acceptors (Lipinski definition) is 1. The molecule has 0 aliphatic carbocycles. The molecule has 94 valence electrons. The van der Waals surface area contributed by atoms with E-state index in [0.717, 1.165) is 24.8 Å². The van der Waals surface area contributed by atoms with Crippen LogP contribution in [0.5, 0.6) is 5.75 Å². The van der Waals surface area contributed by atoms with Gasteiger partial charge in [0.2, 0.25) is 0 Å². The van der Waals surface area contributed by atoms with Gasteiger partial charge in [0.1, 0.15) is 5.75 Å². The Morgan fingerprint density at radius 2 is 1.50 bits per heavy atom. The summed E-state index contributed by atoms with van der Waals surface area (Å²) in [4.78, 5) is 0. The van der Waals surface area contributed by atoms with Gasteiger partial charge >= 0.3 is 0 Å². The summed E-state index contributed by atoms with van der Waals surface area (Å²) in [5, 5.41) is 9.92. The minimum atomic E-state index is 0.397. The topological polar surface area (TPSA) is 20.2 Å². The fourth-order valence-electron chi connectivity index (χ4n) is 2.18. The Morgan fingerprint density at radius 3 is 2.22 bits per heavy atom. The number of aryl methyl sites for hydroxylation is 2. The molecule has 2 aromatic rings. The zero-order chi connectivity index (χ0) is 13.0. The molecule has 2 rings (SSSR count). The summed E-state index contributed by atoms with van der Waals surface area (Å²) in [7, 11) is 0. The van der Waals surface area contributed by atoms with E-state index in [4.69, 9.17) is 0 Å². The molecule has 0 saturated carbocycles. The van der Waals surface area contributed by atoms with Crippen LogP contribution in [0.15, 0.2) is 42.5 Å². The summed E-state index contributed by atoms with van der Waals surface area (Å²) in [5.41, 5.74) is 4.90. The van der Waals surface area contributed by atoms with E-state index < -0.39 is 0 Å². The SMILES string of the molecule is CCc1cccc(Cc2cc(CC)ccc2O)c1. The van der Waals surface area contributed by atoms with Crippen LogP contribution in [0.2, 0.25) is 0 Å². The molecule has 0 radical (unpaired) electrons. The van der Waals surface area contributed by atoms with Crippen LogP contribution in [0.3, 0.4) is 0 Å². The second-order valence-corrected chi connectivity index (χ2v) is 4.67. The van der Waals surface area contributed by atoms with E-state index in [9.17, 15) is 5.11 Å². The van der Waals surface area contributed by atoms with Crippen molar-refractivity contribution in [1.29, 1.82) is 0 Å². The summed E-state index contributed by atoms with van der Waals surface area (Å²) in [6, 6.07) is 14.5. The highest BCUT2D eigenvalue weighted by Crippen LogP contribution is 2.22. The van der Waals surface area contributed by atoms with Gasteiger partial charge in [-0.2, -0.15) is 0 Å². The Balaban J connectivity index is 2.27. The molecule has 0 aliphatic heterocycles. The number of phenols is 1. The monoisotopic (exact) mass is 240 g/mol. The average molecular weight is 240 g/mol. The maximum Gasteiger partial charge on any atom is 0.119 e. The van der Waals surface area contributed by atoms with E-state index in [2.05, 4.69) is 44.2 Å². The van der Waals surface area contributed by atoms with Gasteiger partial charge in [-0.1, -0.05) is 50.2 Å². The number of benzene rings is 2. The molecule has 0 aromatic heterocycles. The molecule has 0 atom stereocenters. The maximum atomic E-state index is 9.92. The summed E-state index contributed by atoms with van der Waals surface area (Å²) in [6.45, 7) is 4.29.